The smallest absolute Gasteiger partial charge is 0.337 e. The van der Waals surface area contributed by atoms with Crippen molar-refractivity contribution in [2.24, 2.45) is 0 Å². The van der Waals surface area contributed by atoms with E-state index in [1.54, 1.807) is 31.2 Å². The number of aromatic nitrogens is 1. The molecule has 1 aliphatic heterocycles. The van der Waals surface area contributed by atoms with Gasteiger partial charge < -0.3 is 19.5 Å². The van der Waals surface area contributed by atoms with E-state index < -0.39 is 35.8 Å². The van der Waals surface area contributed by atoms with Crippen LogP contribution in [0.2, 0.25) is 0 Å². The van der Waals surface area contributed by atoms with E-state index in [0.29, 0.717) is 22.0 Å². The van der Waals surface area contributed by atoms with E-state index in [9.17, 15) is 28.0 Å². The minimum Gasteiger partial charge on any atom is -0.465 e. The van der Waals surface area contributed by atoms with Crippen molar-refractivity contribution in [1.29, 1.82) is 0 Å². The van der Waals surface area contributed by atoms with Crippen molar-refractivity contribution in [3.8, 4) is 0 Å². The van der Waals surface area contributed by atoms with Crippen molar-refractivity contribution in [2.45, 2.75) is 59.4 Å². The van der Waals surface area contributed by atoms with Crippen molar-refractivity contribution in [1.82, 2.24) is 14.8 Å². The summed E-state index contributed by atoms with van der Waals surface area (Å²) < 4.78 is 34.9. The maximum absolute atomic E-state index is 14.4. The van der Waals surface area contributed by atoms with E-state index in [1.165, 1.54) is 36.9 Å². The molecule has 10 heteroatoms. The van der Waals surface area contributed by atoms with Crippen LogP contribution >= 0.6 is 0 Å². The first-order valence-electron chi connectivity index (χ1n) is 12.8. The lowest BCUT2D eigenvalue weighted by Crippen LogP contribution is -2.46. The van der Waals surface area contributed by atoms with Gasteiger partial charge >= 0.3 is 5.97 Å². The topological polar surface area (TPSA) is 97.7 Å². The zero-order chi connectivity index (χ0) is 28.9. The van der Waals surface area contributed by atoms with Gasteiger partial charge in [0.1, 0.15) is 24.6 Å². The van der Waals surface area contributed by atoms with Gasteiger partial charge in [-0.25, -0.2) is 13.6 Å². The molecule has 4 rings (SSSR count). The van der Waals surface area contributed by atoms with Gasteiger partial charge in [-0.05, 0) is 31.5 Å². The van der Waals surface area contributed by atoms with Gasteiger partial charge in [-0.3, -0.25) is 14.4 Å². The van der Waals surface area contributed by atoms with Gasteiger partial charge in [-0.1, -0.05) is 38.1 Å². The Kier molecular flexibility index (Phi) is 9.56. The molecule has 0 bridgehead atoms. The Bertz CT molecular complexity index is 1400. The molecule has 0 aliphatic carbocycles. The second kappa shape index (κ2) is 12.6. The SMILES string of the molecule is CC.COC(=O)c1ccc2c(C(C)=O)cn(CC(=O)N3C[C@H](F)CC3C(=O)NCc3cccc(C)c3F)c2c1. The van der Waals surface area contributed by atoms with E-state index in [0.717, 1.165) is 4.90 Å². The van der Waals surface area contributed by atoms with Crippen LogP contribution in [0, 0.1) is 12.7 Å². The Hall–Kier alpha value is -4.08. The van der Waals surface area contributed by atoms with Gasteiger partial charge in [-0.15, -0.1) is 0 Å². The minimum atomic E-state index is -1.39. The molecular weight excluding hydrogens is 508 g/mol. The van der Waals surface area contributed by atoms with Crippen LogP contribution in [0.4, 0.5) is 8.78 Å². The molecule has 2 amide bonds. The lowest BCUT2D eigenvalue weighted by Gasteiger charge is -2.24. The van der Waals surface area contributed by atoms with Crippen molar-refractivity contribution in [3.63, 3.8) is 0 Å². The molecule has 39 heavy (non-hydrogen) atoms. The Morgan fingerprint density at radius 2 is 1.85 bits per heavy atom. The third-order valence-corrected chi connectivity index (χ3v) is 6.59. The molecule has 2 atom stereocenters. The maximum atomic E-state index is 14.4. The van der Waals surface area contributed by atoms with Gasteiger partial charge in [0.25, 0.3) is 0 Å². The Labute approximate surface area is 225 Å². The first-order chi connectivity index (χ1) is 18.6. The summed E-state index contributed by atoms with van der Waals surface area (Å²) in [6.45, 7) is 6.37. The molecular formula is C29H33F2N3O5. The zero-order valence-corrected chi connectivity index (χ0v) is 22.7. The highest BCUT2D eigenvalue weighted by atomic mass is 19.1. The maximum Gasteiger partial charge on any atom is 0.337 e. The van der Waals surface area contributed by atoms with Gasteiger partial charge in [0.2, 0.25) is 11.8 Å². The average Bonchev–Trinajstić information content (AvgIpc) is 3.50. The largest absolute Gasteiger partial charge is 0.465 e. The fourth-order valence-corrected chi connectivity index (χ4v) is 4.64. The van der Waals surface area contributed by atoms with Gasteiger partial charge in [0, 0.05) is 35.7 Å². The highest BCUT2D eigenvalue weighted by Crippen LogP contribution is 2.26. The second-order valence-electron chi connectivity index (χ2n) is 9.11. The fraction of sp³-hybridized carbons (Fsp3) is 0.379. The number of aryl methyl sites for hydroxylation is 1. The number of carbonyl (C=O) groups excluding carboxylic acids is 4. The molecule has 0 spiro atoms. The third-order valence-electron chi connectivity index (χ3n) is 6.59. The monoisotopic (exact) mass is 541 g/mol. The number of nitrogens with one attached hydrogen (secondary N) is 1. The van der Waals surface area contributed by atoms with Crippen LogP contribution in [0.25, 0.3) is 10.9 Å². The molecule has 0 saturated carbocycles. The number of ketones is 1. The van der Waals surface area contributed by atoms with Gasteiger partial charge in [-0.2, -0.15) is 0 Å². The molecule has 1 saturated heterocycles. The standard InChI is InChI=1S/C27H27F2N3O5.C2H6/c1-15-5-4-6-18(25(15)29)11-30-26(35)23-10-19(28)12-32(23)24(34)14-31-13-21(16(2)33)20-8-7-17(9-22(20)31)27(36)37-3;1-2/h4-9,13,19,23H,10-12,14H2,1-3H3,(H,30,35);1-2H3/t19-,23?;/m1./s1. The summed E-state index contributed by atoms with van der Waals surface area (Å²) in [5.74, 6) is -2.35. The highest BCUT2D eigenvalue weighted by Gasteiger charge is 2.39. The van der Waals surface area contributed by atoms with E-state index >= 15 is 0 Å². The van der Waals surface area contributed by atoms with Crippen LogP contribution in [-0.2, 0) is 27.4 Å². The zero-order valence-electron chi connectivity index (χ0n) is 22.7. The van der Waals surface area contributed by atoms with Crippen molar-refractivity contribution in [2.75, 3.05) is 13.7 Å². The van der Waals surface area contributed by atoms with Crippen LogP contribution in [-0.4, -0.2) is 58.9 Å². The van der Waals surface area contributed by atoms with Gasteiger partial charge in [0.15, 0.2) is 5.78 Å². The molecule has 1 aromatic heterocycles. The Morgan fingerprint density at radius 1 is 1.13 bits per heavy atom. The van der Waals surface area contributed by atoms with E-state index in [-0.39, 0.29) is 43.0 Å². The number of likely N-dealkylation sites (tertiary alicyclic amines) is 1. The average molecular weight is 542 g/mol. The summed E-state index contributed by atoms with van der Waals surface area (Å²) in [6, 6.07) is 8.42. The first kappa shape index (κ1) is 29.5. The molecule has 1 fully saturated rings. The molecule has 2 heterocycles. The second-order valence-corrected chi connectivity index (χ2v) is 9.11. The Morgan fingerprint density at radius 3 is 2.51 bits per heavy atom. The number of methoxy groups -OCH3 is 1. The van der Waals surface area contributed by atoms with Crippen LogP contribution in [0.5, 0.6) is 0 Å². The number of nitrogens with zero attached hydrogens (tertiary/aromatic N) is 2. The molecule has 2 aromatic carbocycles. The van der Waals surface area contributed by atoms with Crippen LogP contribution in [0.15, 0.2) is 42.6 Å². The van der Waals surface area contributed by atoms with E-state index in [2.05, 4.69) is 5.32 Å². The quantitative estimate of drug-likeness (QED) is 0.354. The summed E-state index contributed by atoms with van der Waals surface area (Å²) in [7, 11) is 1.25. The van der Waals surface area contributed by atoms with E-state index in [4.69, 9.17) is 4.74 Å². The van der Waals surface area contributed by atoms with Crippen molar-refractivity contribution in [3.05, 3.63) is 70.7 Å². The number of amides is 2. The number of carbonyl (C=O) groups is 4. The van der Waals surface area contributed by atoms with E-state index in [1.807, 2.05) is 13.8 Å². The summed E-state index contributed by atoms with van der Waals surface area (Å²) in [6.07, 6.45) is -0.0636. The summed E-state index contributed by atoms with van der Waals surface area (Å²) >= 11 is 0. The van der Waals surface area contributed by atoms with Gasteiger partial charge in [0.05, 0.1) is 24.7 Å². The third kappa shape index (κ3) is 6.32. The van der Waals surface area contributed by atoms with Crippen LogP contribution < -0.4 is 5.32 Å². The number of ether oxygens (including phenoxy) is 1. The highest BCUT2D eigenvalue weighted by molar-refractivity contribution is 6.08. The summed E-state index contributed by atoms with van der Waals surface area (Å²) in [5, 5.41) is 3.16. The minimum absolute atomic E-state index is 0.0949. The Balaban J connectivity index is 0.00000205. The number of esters is 1. The molecule has 208 valence electrons. The van der Waals surface area contributed by atoms with Crippen LogP contribution in [0.1, 0.15) is 59.0 Å². The summed E-state index contributed by atoms with van der Waals surface area (Å²) in [5.41, 5.74) is 1.78. The molecule has 8 nitrogen and oxygen atoms in total. The van der Waals surface area contributed by atoms with Crippen LogP contribution in [0.3, 0.4) is 0 Å². The molecule has 1 aliphatic rings. The lowest BCUT2D eigenvalue weighted by atomic mass is 10.1. The first-order valence-corrected chi connectivity index (χ1v) is 12.8. The van der Waals surface area contributed by atoms with Crippen molar-refractivity contribution < 1.29 is 32.7 Å². The number of rotatable bonds is 7. The number of benzene rings is 2. The lowest BCUT2D eigenvalue weighted by molar-refractivity contribution is -0.139. The number of halogens is 2. The molecule has 1 N–H and O–H groups in total. The predicted molar refractivity (Wildman–Crippen MR) is 143 cm³/mol. The fourth-order valence-electron chi connectivity index (χ4n) is 4.64. The molecule has 3 aromatic rings. The van der Waals surface area contributed by atoms with Crippen molar-refractivity contribution >= 4 is 34.5 Å². The number of hydrogen-bond acceptors (Lipinski definition) is 5. The summed E-state index contributed by atoms with van der Waals surface area (Å²) in [4.78, 5) is 51.5. The molecule has 0 radical (unpaired) electrons. The normalized spacial score (nSPS) is 16.4. The number of Topliss-reactive ketones (excluding diaryl/α,β-unsaturated/α-hetero) is 1. The predicted octanol–water partition coefficient (Wildman–Crippen LogP) is 4.36. The molecule has 1 unspecified atom stereocenters. The number of hydrogen-bond donors (Lipinski definition) is 1. The number of alkyl halides is 1. The number of fused-ring (bicyclic) bond motifs is 1.